The van der Waals surface area contributed by atoms with Crippen LogP contribution in [0.2, 0.25) is 0 Å². The molecule has 30 heavy (non-hydrogen) atoms. The van der Waals surface area contributed by atoms with Gasteiger partial charge in [0.05, 0.1) is 6.10 Å². The maximum Gasteiger partial charge on any atom is 0.0540 e. The molecule has 1 N–H and O–H groups in total. The number of aliphatic hydroxyl groups excluding tert-OH is 1. The molecule has 182 valence electrons. The van der Waals surface area contributed by atoms with Gasteiger partial charge >= 0.3 is 0 Å². The van der Waals surface area contributed by atoms with Crippen molar-refractivity contribution < 1.29 is 5.11 Å². The van der Waals surface area contributed by atoms with E-state index in [1.165, 1.54) is 154 Å². The van der Waals surface area contributed by atoms with E-state index in [9.17, 15) is 5.11 Å². The Kier molecular flexibility index (Phi) is 27.0. The molecule has 0 aliphatic heterocycles. The molecule has 0 amide bonds. The second-order valence-electron chi connectivity index (χ2n) is 10.0. The molecule has 0 bridgehead atoms. The molecule has 0 aromatic heterocycles. The molecule has 0 aliphatic rings. The van der Waals surface area contributed by atoms with Crippen LogP contribution in [0.4, 0.5) is 0 Å². The van der Waals surface area contributed by atoms with Crippen molar-refractivity contribution in [2.75, 3.05) is 0 Å². The lowest BCUT2D eigenvalue weighted by Gasteiger charge is -2.10. The quantitative estimate of drug-likeness (QED) is 0.137. The third-order valence-corrected chi connectivity index (χ3v) is 6.78. The van der Waals surface area contributed by atoms with Crippen molar-refractivity contribution in [1.82, 2.24) is 0 Å². The lowest BCUT2D eigenvalue weighted by Crippen LogP contribution is -2.05. The molecule has 0 saturated carbocycles. The zero-order chi connectivity index (χ0) is 22.0. The Hall–Kier alpha value is -0.0400. The number of hydrogen-bond donors (Lipinski definition) is 1. The zero-order valence-corrected chi connectivity index (χ0v) is 21.4. The van der Waals surface area contributed by atoms with Gasteiger partial charge in [0.2, 0.25) is 0 Å². The van der Waals surface area contributed by atoms with Crippen LogP contribution in [0.15, 0.2) is 0 Å². The fourth-order valence-electron chi connectivity index (χ4n) is 4.59. The average molecular weight is 425 g/mol. The predicted octanol–water partition coefficient (Wildman–Crippen LogP) is 10.5. The minimum atomic E-state index is -0.0302. The molecule has 0 aromatic carbocycles. The van der Waals surface area contributed by atoms with Crippen LogP contribution in [-0.4, -0.2) is 11.2 Å². The van der Waals surface area contributed by atoms with Crippen LogP contribution in [0.1, 0.15) is 181 Å². The first-order valence-corrected chi connectivity index (χ1v) is 14.5. The van der Waals surface area contributed by atoms with Gasteiger partial charge in [0.1, 0.15) is 0 Å². The Morgan fingerprint density at radius 2 is 0.533 bits per heavy atom. The second kappa shape index (κ2) is 27.0. The van der Waals surface area contributed by atoms with Crippen LogP contribution in [0.3, 0.4) is 0 Å². The van der Waals surface area contributed by atoms with Crippen molar-refractivity contribution in [3.63, 3.8) is 0 Å². The summed E-state index contributed by atoms with van der Waals surface area (Å²) in [6.07, 6.45) is 35.8. The van der Waals surface area contributed by atoms with Gasteiger partial charge < -0.3 is 5.11 Å². The van der Waals surface area contributed by atoms with E-state index in [0.29, 0.717) is 0 Å². The summed E-state index contributed by atoms with van der Waals surface area (Å²) in [7, 11) is 0. The standard InChI is InChI=1S/C29H60O/c1-3-5-7-9-10-11-12-13-14-15-16-17-18-19-20-21-22-23-24-26-28-29(30)27-25-8-6-4-2/h29-30H,3-28H2,1-2H3/t29-/m1/s1. The Morgan fingerprint density at radius 1 is 0.333 bits per heavy atom. The normalized spacial score (nSPS) is 12.5. The van der Waals surface area contributed by atoms with E-state index in [1.807, 2.05) is 0 Å². The molecule has 0 aliphatic carbocycles. The van der Waals surface area contributed by atoms with E-state index in [0.717, 1.165) is 12.8 Å². The van der Waals surface area contributed by atoms with Gasteiger partial charge in [-0.2, -0.15) is 0 Å². The number of rotatable bonds is 26. The summed E-state index contributed by atoms with van der Waals surface area (Å²) in [4.78, 5) is 0. The van der Waals surface area contributed by atoms with Gasteiger partial charge in [0.25, 0.3) is 0 Å². The first kappa shape index (κ1) is 30.0. The molecule has 0 unspecified atom stereocenters. The van der Waals surface area contributed by atoms with Crippen LogP contribution < -0.4 is 0 Å². The van der Waals surface area contributed by atoms with E-state index >= 15 is 0 Å². The van der Waals surface area contributed by atoms with Crippen molar-refractivity contribution in [3.8, 4) is 0 Å². The predicted molar refractivity (Wildman–Crippen MR) is 137 cm³/mol. The molecule has 0 spiro atoms. The molecule has 0 rings (SSSR count). The fraction of sp³-hybridized carbons (Fsp3) is 1.00. The van der Waals surface area contributed by atoms with E-state index in [4.69, 9.17) is 0 Å². The first-order chi connectivity index (χ1) is 14.8. The molecule has 1 heteroatoms. The Balaban J connectivity index is 3.06. The molecular formula is C29H60O. The highest BCUT2D eigenvalue weighted by atomic mass is 16.3. The summed E-state index contributed by atoms with van der Waals surface area (Å²) >= 11 is 0. The lowest BCUT2D eigenvalue weighted by atomic mass is 10.0. The molecule has 1 nitrogen and oxygen atoms in total. The summed E-state index contributed by atoms with van der Waals surface area (Å²) in [5.41, 5.74) is 0. The highest BCUT2D eigenvalue weighted by Gasteiger charge is 2.03. The lowest BCUT2D eigenvalue weighted by molar-refractivity contribution is 0.147. The average Bonchev–Trinajstić information content (AvgIpc) is 2.75. The largest absolute Gasteiger partial charge is 0.393 e. The van der Waals surface area contributed by atoms with Gasteiger partial charge in [-0.3, -0.25) is 0 Å². The zero-order valence-electron chi connectivity index (χ0n) is 21.4. The molecule has 0 radical (unpaired) electrons. The summed E-state index contributed by atoms with van der Waals surface area (Å²) in [6, 6.07) is 0. The van der Waals surface area contributed by atoms with Gasteiger partial charge in [0, 0.05) is 0 Å². The SMILES string of the molecule is CCCCCCCCCCCCCCCCCCCCCC[C@H](O)CCCCCC. The van der Waals surface area contributed by atoms with Gasteiger partial charge in [0.15, 0.2) is 0 Å². The van der Waals surface area contributed by atoms with Gasteiger partial charge in [-0.25, -0.2) is 0 Å². The van der Waals surface area contributed by atoms with Crippen molar-refractivity contribution >= 4 is 0 Å². The van der Waals surface area contributed by atoms with Crippen molar-refractivity contribution in [3.05, 3.63) is 0 Å². The Morgan fingerprint density at radius 3 is 0.800 bits per heavy atom. The summed E-state index contributed by atoms with van der Waals surface area (Å²) in [5.74, 6) is 0. The smallest absolute Gasteiger partial charge is 0.0540 e. The van der Waals surface area contributed by atoms with E-state index in [2.05, 4.69) is 13.8 Å². The third kappa shape index (κ3) is 26.0. The maximum absolute atomic E-state index is 10.00. The second-order valence-corrected chi connectivity index (χ2v) is 10.0. The van der Waals surface area contributed by atoms with Gasteiger partial charge in [-0.1, -0.05) is 168 Å². The molecule has 0 saturated heterocycles. The minimum Gasteiger partial charge on any atom is -0.393 e. The van der Waals surface area contributed by atoms with Crippen molar-refractivity contribution in [2.24, 2.45) is 0 Å². The Labute approximate surface area is 192 Å². The van der Waals surface area contributed by atoms with E-state index in [1.54, 1.807) is 0 Å². The number of hydrogen-bond acceptors (Lipinski definition) is 1. The van der Waals surface area contributed by atoms with Crippen LogP contribution >= 0.6 is 0 Å². The van der Waals surface area contributed by atoms with E-state index < -0.39 is 0 Å². The van der Waals surface area contributed by atoms with Gasteiger partial charge in [-0.15, -0.1) is 0 Å². The Bertz CT molecular complexity index is 288. The maximum atomic E-state index is 10.00. The van der Waals surface area contributed by atoms with Crippen LogP contribution in [0.5, 0.6) is 0 Å². The third-order valence-electron chi connectivity index (χ3n) is 6.78. The molecule has 1 atom stereocenters. The van der Waals surface area contributed by atoms with Crippen LogP contribution in [-0.2, 0) is 0 Å². The van der Waals surface area contributed by atoms with E-state index in [-0.39, 0.29) is 6.10 Å². The summed E-state index contributed by atoms with van der Waals surface area (Å²) < 4.78 is 0. The van der Waals surface area contributed by atoms with Crippen LogP contribution in [0, 0.1) is 0 Å². The first-order valence-electron chi connectivity index (χ1n) is 14.5. The van der Waals surface area contributed by atoms with Gasteiger partial charge in [-0.05, 0) is 12.8 Å². The monoisotopic (exact) mass is 424 g/mol. The molecular weight excluding hydrogens is 364 g/mol. The number of unbranched alkanes of at least 4 members (excludes halogenated alkanes) is 22. The highest BCUT2D eigenvalue weighted by Crippen LogP contribution is 2.16. The molecule has 0 aromatic rings. The minimum absolute atomic E-state index is 0.0302. The van der Waals surface area contributed by atoms with Crippen LogP contribution in [0.25, 0.3) is 0 Å². The molecule has 0 fully saturated rings. The fourth-order valence-corrected chi connectivity index (χ4v) is 4.59. The molecule has 0 heterocycles. The van der Waals surface area contributed by atoms with Crippen molar-refractivity contribution in [1.29, 1.82) is 0 Å². The highest BCUT2D eigenvalue weighted by molar-refractivity contribution is 4.57. The summed E-state index contributed by atoms with van der Waals surface area (Å²) in [5, 5.41) is 10.00. The van der Waals surface area contributed by atoms with Crippen molar-refractivity contribution in [2.45, 2.75) is 187 Å². The summed E-state index contributed by atoms with van der Waals surface area (Å²) in [6.45, 7) is 4.54. The topological polar surface area (TPSA) is 20.2 Å². The number of aliphatic hydroxyl groups is 1.